The maximum atomic E-state index is 15.4. The predicted molar refractivity (Wildman–Crippen MR) is 287 cm³/mol. The van der Waals surface area contributed by atoms with Crippen molar-refractivity contribution in [3.63, 3.8) is 0 Å². The Morgan fingerprint density at radius 1 is 0.573 bits per heavy atom. The van der Waals surface area contributed by atoms with Gasteiger partial charge in [0.05, 0.1) is 71.9 Å². The smallest absolute Gasteiger partial charge is 0.329 e. The lowest BCUT2D eigenvalue weighted by atomic mass is 9.82. The number of benzene rings is 5. The average molecular weight is 1120 g/mol. The van der Waals surface area contributed by atoms with E-state index in [1.165, 1.54) is 58.9 Å². The third-order valence-electron chi connectivity index (χ3n) is 13.1. The summed E-state index contributed by atoms with van der Waals surface area (Å²) in [6.45, 7) is 5.47. The van der Waals surface area contributed by atoms with Gasteiger partial charge < -0.3 is 60.3 Å². The number of rotatable bonds is 25. The van der Waals surface area contributed by atoms with E-state index in [0.717, 1.165) is 0 Å². The molecule has 27 heteroatoms. The van der Waals surface area contributed by atoms with E-state index in [0.29, 0.717) is 90.9 Å². The molecule has 406 valence electrons. The van der Waals surface area contributed by atoms with Crippen LogP contribution < -0.4 is 61.7 Å². The van der Waals surface area contributed by atoms with Gasteiger partial charge in [-0.05, 0) is 25.7 Å². The highest BCUT2D eigenvalue weighted by atomic mass is 32.2. The summed E-state index contributed by atoms with van der Waals surface area (Å²) in [6, 6.07) is -1.89. The quantitative estimate of drug-likeness (QED) is 0.0136. The molecule has 5 aromatic carbocycles. The van der Waals surface area contributed by atoms with Crippen LogP contribution in [0.3, 0.4) is 0 Å². The van der Waals surface area contributed by atoms with Crippen molar-refractivity contribution in [2.24, 2.45) is 0 Å². The van der Waals surface area contributed by atoms with Crippen molar-refractivity contribution in [2.75, 3.05) is 128 Å². The van der Waals surface area contributed by atoms with Gasteiger partial charge >= 0.3 is 11.9 Å². The molecular weight excluding hydrogens is 1060 g/mol. The molecular formula is C48H58N6O17S4. The number of methoxy groups -OCH3 is 4. The van der Waals surface area contributed by atoms with Crippen molar-refractivity contribution in [3.05, 3.63) is 37.1 Å². The Kier molecular flexibility index (Phi) is 17.1. The summed E-state index contributed by atoms with van der Waals surface area (Å²) in [5, 5.41) is 21.3. The van der Waals surface area contributed by atoms with Crippen LogP contribution in [-0.4, -0.2) is 173 Å². The fraction of sp³-hybridized carbons (Fsp3) is 0.479. The highest BCUT2D eigenvalue weighted by Crippen LogP contribution is 2.60. The molecule has 3 aliphatic rings. The van der Waals surface area contributed by atoms with Crippen molar-refractivity contribution in [2.45, 2.75) is 42.1 Å². The molecule has 5 aromatic rings. The first-order valence-corrected chi connectivity index (χ1v) is 29.0. The van der Waals surface area contributed by atoms with Gasteiger partial charge in [0, 0.05) is 107 Å². The van der Waals surface area contributed by atoms with Crippen LogP contribution in [0.4, 0.5) is 11.4 Å². The van der Waals surface area contributed by atoms with Crippen LogP contribution in [0, 0.1) is 0 Å². The van der Waals surface area contributed by atoms with Gasteiger partial charge in [0.1, 0.15) is 36.8 Å². The third-order valence-corrected chi connectivity index (χ3v) is 16.9. The van der Waals surface area contributed by atoms with Crippen molar-refractivity contribution in [1.82, 2.24) is 21.3 Å². The van der Waals surface area contributed by atoms with E-state index in [4.69, 9.17) is 37.5 Å². The molecule has 0 bridgehead atoms. The second kappa shape index (κ2) is 23.0. The van der Waals surface area contributed by atoms with Crippen LogP contribution in [0.1, 0.15) is 25.0 Å². The van der Waals surface area contributed by atoms with Crippen LogP contribution in [0.15, 0.2) is 25.0 Å². The molecule has 75 heavy (non-hydrogen) atoms. The molecule has 8 rings (SSSR count). The molecule has 23 nitrogen and oxygen atoms in total. The molecule has 8 N–H and O–H groups in total. The molecule has 2 atom stereocenters. The lowest BCUT2D eigenvalue weighted by Crippen LogP contribution is -2.38. The van der Waals surface area contributed by atoms with Gasteiger partial charge in [-0.3, -0.25) is 23.5 Å². The second-order valence-electron chi connectivity index (χ2n) is 17.9. The summed E-state index contributed by atoms with van der Waals surface area (Å²) in [5.74, 6) is -1.65. The van der Waals surface area contributed by atoms with Crippen LogP contribution in [0.2, 0.25) is 0 Å². The van der Waals surface area contributed by atoms with E-state index in [2.05, 4.69) is 31.9 Å². The molecule has 0 saturated heterocycles. The number of nitrogens with one attached hydrogen (secondary N) is 6. The Hall–Kier alpha value is -5.49. The topological polar surface area (TPSA) is 322 Å². The largest absolute Gasteiger partial charge is 0.495 e. The maximum Gasteiger partial charge on any atom is 0.329 e. The molecule has 0 amide bonds. The molecule has 0 fully saturated rings. The van der Waals surface area contributed by atoms with E-state index in [1.54, 1.807) is 6.92 Å². The molecule has 1 aliphatic carbocycles. The second-order valence-corrected chi connectivity index (χ2v) is 23.1. The zero-order valence-corrected chi connectivity index (χ0v) is 45.2. The van der Waals surface area contributed by atoms with Gasteiger partial charge in [0.2, 0.25) is 10.9 Å². The first kappa shape index (κ1) is 55.7. The Labute approximate surface area is 439 Å². The van der Waals surface area contributed by atoms with Crippen molar-refractivity contribution < 1.29 is 68.7 Å². The molecule has 0 aromatic heterocycles. The molecule has 0 saturated carbocycles. The van der Waals surface area contributed by atoms with E-state index < -0.39 is 66.6 Å². The van der Waals surface area contributed by atoms with E-state index in [-0.39, 0.29) is 108 Å². The van der Waals surface area contributed by atoms with Gasteiger partial charge in [-0.1, -0.05) is 5.57 Å². The van der Waals surface area contributed by atoms with Gasteiger partial charge in [-0.15, -0.1) is 23.5 Å². The minimum absolute atomic E-state index is 0.00341. The van der Waals surface area contributed by atoms with Crippen molar-refractivity contribution in [3.8, 4) is 23.0 Å². The Morgan fingerprint density at radius 3 is 1.40 bits per heavy atom. The number of esters is 2. The first-order valence-electron chi connectivity index (χ1n) is 23.8. The third kappa shape index (κ3) is 10.9. The monoisotopic (exact) mass is 1120 g/mol. The highest BCUT2D eigenvalue weighted by molar-refractivity contribution is 8.00. The van der Waals surface area contributed by atoms with Gasteiger partial charge in [0.15, 0.2) is 17.3 Å². The number of hydrogen-bond acceptors (Lipinski definition) is 23. The summed E-state index contributed by atoms with van der Waals surface area (Å²) in [5.41, 5.74) is 0.854. The fourth-order valence-corrected chi connectivity index (χ4v) is 13.2. The fourth-order valence-electron chi connectivity index (χ4n) is 10.1. The Bertz CT molecular complexity index is 3490. The summed E-state index contributed by atoms with van der Waals surface area (Å²) in [7, 11) is -2.48. The first-order chi connectivity index (χ1) is 35.8. The lowest BCUT2D eigenvalue weighted by Gasteiger charge is -2.32. The van der Waals surface area contributed by atoms with Crippen molar-refractivity contribution >= 4 is 122 Å². The number of anilines is 2. The summed E-state index contributed by atoms with van der Waals surface area (Å²) in [6.07, 6.45) is 0.0512. The SMILES string of the molecule is COc1c2c3c4c(c(OC)c(=O)c5c6c(c(OC)c(c7c(OC)c8c(c(c1=O)c37)NC(C(=O)OCCNCCNCCS(=O)(=O)O)CS8)c54)SCC(C(=O)OCCNCCNCCS(=O)(=O)O)N6)C(C(C)=O)=C(C)C2. The maximum absolute atomic E-state index is 15.4. The molecule has 2 aliphatic heterocycles. The van der Waals surface area contributed by atoms with Crippen LogP contribution in [-0.2, 0) is 50.5 Å². The number of thioether (sulfide) groups is 2. The number of Topliss-reactive ketones (excluding diaryl/α,β-unsaturated/α-hetero) is 1. The van der Waals surface area contributed by atoms with Crippen LogP contribution >= 0.6 is 23.5 Å². The van der Waals surface area contributed by atoms with E-state index in [1.807, 2.05) is 0 Å². The minimum Gasteiger partial charge on any atom is -0.495 e. The number of hydrogen-bond donors (Lipinski definition) is 8. The van der Waals surface area contributed by atoms with Gasteiger partial charge in [-0.2, -0.15) is 16.8 Å². The summed E-state index contributed by atoms with van der Waals surface area (Å²) >= 11 is 2.52. The number of ketones is 1. The van der Waals surface area contributed by atoms with Crippen LogP contribution in [0.25, 0.3) is 48.7 Å². The van der Waals surface area contributed by atoms with Gasteiger partial charge in [-0.25, -0.2) is 9.59 Å². The number of fused-ring (bicyclic) bond motifs is 5. The van der Waals surface area contributed by atoms with E-state index >= 15 is 9.59 Å². The zero-order valence-electron chi connectivity index (χ0n) is 41.9. The van der Waals surface area contributed by atoms with Crippen molar-refractivity contribution in [1.29, 1.82) is 0 Å². The molecule has 0 spiro atoms. The zero-order chi connectivity index (χ0) is 54.1. The minimum atomic E-state index is -4.08. The number of allylic oxidation sites excluding steroid dienone is 2. The van der Waals surface area contributed by atoms with E-state index in [9.17, 15) is 31.2 Å². The predicted octanol–water partition coefficient (Wildman–Crippen LogP) is 1.84. The average Bonchev–Trinajstić information content (AvgIpc) is 3.62. The number of carbonyl (C=O) groups is 3. The molecule has 2 heterocycles. The Morgan fingerprint density at radius 2 is 0.987 bits per heavy atom. The summed E-state index contributed by atoms with van der Waals surface area (Å²) in [4.78, 5) is 73.3. The van der Waals surface area contributed by atoms with Gasteiger partial charge in [0.25, 0.3) is 20.2 Å². The number of carbonyl (C=O) groups excluding carboxylic acids is 3. The normalized spacial score (nSPS) is 16.4. The lowest BCUT2D eigenvalue weighted by molar-refractivity contribution is -0.144. The Balaban J connectivity index is 1.24. The molecule has 2 unspecified atom stereocenters. The summed E-state index contributed by atoms with van der Waals surface area (Å²) < 4.78 is 97.8. The molecule has 0 radical (unpaired) electrons. The highest BCUT2D eigenvalue weighted by Gasteiger charge is 2.41. The standard InChI is InChI=1S/C48H58N6O17S4/c1-22-19-24-28-29-31-34(33-30(28)35(39(56)41(24)66-3)37-45(43(33)68-5)72-20-25(53-37)47(58)70-15-11-49-7-9-51-13-17-74(60,61)62)44(69-6)46-38(36(31)40(57)42(67-4)32(29)27(22)23(2)55)54-26(21-73-46)48(59)71-16-12-50-8-10-52-14-18-75(63,64)65/h25-26,49-54H,7-21H2,1-6H3,(H,60,61,62)(H,63,64,65). The number of ether oxygens (including phenoxy) is 6. The van der Waals surface area contributed by atoms with Crippen LogP contribution in [0.5, 0.6) is 23.0 Å².